The average molecular weight is 249 g/mol. The molecule has 0 aliphatic carbocycles. The van der Waals surface area contributed by atoms with E-state index in [2.05, 4.69) is 15.9 Å². The van der Waals surface area contributed by atoms with Crippen molar-refractivity contribution in [1.82, 2.24) is 0 Å². The summed E-state index contributed by atoms with van der Waals surface area (Å²) >= 11 is 3.19. The SMILES string of the molecule is CCS(=O)(=O)c1ccccc1Br. The summed E-state index contributed by atoms with van der Waals surface area (Å²) in [6, 6.07) is 6.83. The highest BCUT2D eigenvalue weighted by Gasteiger charge is 2.13. The largest absolute Gasteiger partial charge is 0.224 e. The van der Waals surface area contributed by atoms with Gasteiger partial charge in [-0.05, 0) is 28.1 Å². The van der Waals surface area contributed by atoms with Crippen LogP contribution in [0.3, 0.4) is 0 Å². The quantitative estimate of drug-likeness (QED) is 0.805. The molecule has 1 aromatic carbocycles. The van der Waals surface area contributed by atoms with Crippen LogP contribution in [0.15, 0.2) is 33.6 Å². The van der Waals surface area contributed by atoms with Gasteiger partial charge in [0.25, 0.3) is 0 Å². The number of benzene rings is 1. The molecule has 0 atom stereocenters. The van der Waals surface area contributed by atoms with Gasteiger partial charge in [-0.3, -0.25) is 0 Å². The topological polar surface area (TPSA) is 34.1 Å². The van der Waals surface area contributed by atoms with Crippen LogP contribution in [-0.4, -0.2) is 14.2 Å². The van der Waals surface area contributed by atoms with Gasteiger partial charge in [0.2, 0.25) is 0 Å². The van der Waals surface area contributed by atoms with Crippen LogP contribution in [0.2, 0.25) is 0 Å². The van der Waals surface area contributed by atoms with E-state index in [1.807, 2.05) is 0 Å². The van der Waals surface area contributed by atoms with Crippen LogP contribution in [-0.2, 0) is 9.84 Å². The summed E-state index contributed by atoms with van der Waals surface area (Å²) < 4.78 is 23.4. The molecule has 0 aliphatic rings. The fraction of sp³-hybridized carbons (Fsp3) is 0.250. The smallest absolute Gasteiger partial charge is 0.179 e. The molecule has 4 heteroatoms. The van der Waals surface area contributed by atoms with Crippen LogP contribution in [0.5, 0.6) is 0 Å². The molecule has 0 aliphatic heterocycles. The Bertz CT molecular complexity index is 370. The zero-order valence-electron chi connectivity index (χ0n) is 6.62. The number of hydrogen-bond acceptors (Lipinski definition) is 2. The first-order chi connectivity index (χ1) is 5.58. The van der Waals surface area contributed by atoms with Crippen molar-refractivity contribution in [3.8, 4) is 0 Å². The minimum atomic E-state index is -3.08. The Hall–Kier alpha value is -0.350. The van der Waals surface area contributed by atoms with Gasteiger partial charge in [0.1, 0.15) is 0 Å². The zero-order valence-corrected chi connectivity index (χ0v) is 9.02. The molecule has 0 fully saturated rings. The van der Waals surface area contributed by atoms with E-state index in [0.29, 0.717) is 9.37 Å². The molecule has 0 amide bonds. The minimum absolute atomic E-state index is 0.135. The molecule has 12 heavy (non-hydrogen) atoms. The third-order valence-corrected chi connectivity index (χ3v) is 4.29. The molecule has 0 aromatic heterocycles. The van der Waals surface area contributed by atoms with Gasteiger partial charge in [-0.25, -0.2) is 8.42 Å². The van der Waals surface area contributed by atoms with Gasteiger partial charge in [0.05, 0.1) is 10.6 Å². The normalized spacial score (nSPS) is 11.5. The molecule has 0 saturated heterocycles. The summed E-state index contributed by atoms with van der Waals surface area (Å²) in [5.74, 6) is 0.135. The van der Waals surface area contributed by atoms with Gasteiger partial charge in [-0.15, -0.1) is 0 Å². The molecule has 0 spiro atoms. The van der Waals surface area contributed by atoms with E-state index in [-0.39, 0.29) is 5.75 Å². The fourth-order valence-electron chi connectivity index (χ4n) is 0.852. The second kappa shape index (κ2) is 3.58. The van der Waals surface area contributed by atoms with Gasteiger partial charge in [0, 0.05) is 4.47 Å². The Morgan fingerprint density at radius 2 is 1.92 bits per heavy atom. The average Bonchev–Trinajstić information content (AvgIpc) is 2.05. The first-order valence-electron chi connectivity index (χ1n) is 3.55. The molecule has 66 valence electrons. The van der Waals surface area contributed by atoms with E-state index in [4.69, 9.17) is 0 Å². The highest BCUT2D eigenvalue weighted by molar-refractivity contribution is 9.10. The number of halogens is 1. The highest BCUT2D eigenvalue weighted by atomic mass is 79.9. The van der Waals surface area contributed by atoms with E-state index in [9.17, 15) is 8.42 Å². The summed E-state index contributed by atoms with van der Waals surface area (Å²) in [6.45, 7) is 1.63. The Balaban J connectivity index is 3.30. The van der Waals surface area contributed by atoms with E-state index < -0.39 is 9.84 Å². The number of sulfone groups is 1. The van der Waals surface area contributed by atoms with Crippen molar-refractivity contribution in [2.24, 2.45) is 0 Å². The lowest BCUT2D eigenvalue weighted by Crippen LogP contribution is -2.03. The molecule has 2 nitrogen and oxygen atoms in total. The monoisotopic (exact) mass is 248 g/mol. The van der Waals surface area contributed by atoms with Gasteiger partial charge in [-0.2, -0.15) is 0 Å². The summed E-state index contributed by atoms with van der Waals surface area (Å²) in [5, 5.41) is 0. The van der Waals surface area contributed by atoms with E-state index in [1.54, 1.807) is 31.2 Å². The predicted molar refractivity (Wildman–Crippen MR) is 51.9 cm³/mol. The molecule has 0 bridgehead atoms. The lowest BCUT2D eigenvalue weighted by Gasteiger charge is -2.02. The van der Waals surface area contributed by atoms with Crippen molar-refractivity contribution in [1.29, 1.82) is 0 Å². The lowest BCUT2D eigenvalue weighted by molar-refractivity contribution is 0.597. The van der Waals surface area contributed by atoms with Gasteiger partial charge in [0.15, 0.2) is 9.84 Å². The van der Waals surface area contributed by atoms with Gasteiger partial charge < -0.3 is 0 Å². The van der Waals surface area contributed by atoms with Crippen molar-refractivity contribution in [2.45, 2.75) is 11.8 Å². The Morgan fingerprint density at radius 1 is 1.33 bits per heavy atom. The van der Waals surface area contributed by atoms with Crippen molar-refractivity contribution in [2.75, 3.05) is 5.75 Å². The number of rotatable bonds is 2. The Morgan fingerprint density at radius 3 is 2.42 bits per heavy atom. The summed E-state index contributed by atoms with van der Waals surface area (Å²) in [4.78, 5) is 0.368. The second-order valence-electron chi connectivity index (χ2n) is 2.33. The molecular formula is C8H9BrO2S. The molecule has 0 radical (unpaired) electrons. The maximum atomic E-state index is 11.4. The van der Waals surface area contributed by atoms with Crippen LogP contribution in [0.1, 0.15) is 6.92 Å². The fourth-order valence-corrected chi connectivity index (χ4v) is 2.84. The number of hydrogen-bond donors (Lipinski definition) is 0. The van der Waals surface area contributed by atoms with Crippen molar-refractivity contribution in [3.63, 3.8) is 0 Å². The van der Waals surface area contributed by atoms with Crippen LogP contribution in [0, 0.1) is 0 Å². The zero-order chi connectivity index (χ0) is 9.19. The molecule has 0 saturated carbocycles. The standard InChI is InChI=1S/C8H9BrO2S/c1-2-12(10,11)8-6-4-3-5-7(8)9/h3-6H,2H2,1H3. The van der Waals surface area contributed by atoms with Crippen molar-refractivity contribution < 1.29 is 8.42 Å². The van der Waals surface area contributed by atoms with Crippen LogP contribution in [0.4, 0.5) is 0 Å². The minimum Gasteiger partial charge on any atom is -0.224 e. The Kier molecular flexibility index (Phi) is 2.90. The van der Waals surface area contributed by atoms with E-state index in [1.165, 1.54) is 0 Å². The van der Waals surface area contributed by atoms with E-state index >= 15 is 0 Å². The third kappa shape index (κ3) is 1.87. The van der Waals surface area contributed by atoms with E-state index in [0.717, 1.165) is 0 Å². The van der Waals surface area contributed by atoms with Gasteiger partial charge >= 0.3 is 0 Å². The molecule has 1 aromatic rings. The van der Waals surface area contributed by atoms with Crippen LogP contribution < -0.4 is 0 Å². The van der Waals surface area contributed by atoms with Crippen molar-refractivity contribution in [3.05, 3.63) is 28.7 Å². The Labute approximate surface area is 80.7 Å². The molecule has 1 rings (SSSR count). The molecule has 0 N–H and O–H groups in total. The van der Waals surface area contributed by atoms with Crippen molar-refractivity contribution >= 4 is 25.8 Å². The molecule has 0 unspecified atom stereocenters. The maximum absolute atomic E-state index is 11.4. The first kappa shape index (κ1) is 9.74. The lowest BCUT2D eigenvalue weighted by atomic mass is 10.4. The highest BCUT2D eigenvalue weighted by Crippen LogP contribution is 2.21. The maximum Gasteiger partial charge on any atom is 0.179 e. The van der Waals surface area contributed by atoms with Crippen LogP contribution in [0.25, 0.3) is 0 Å². The molecular weight excluding hydrogens is 240 g/mol. The molecule has 0 heterocycles. The van der Waals surface area contributed by atoms with Crippen LogP contribution >= 0.6 is 15.9 Å². The summed E-state index contributed by atoms with van der Waals surface area (Å²) in [7, 11) is -3.08. The summed E-state index contributed by atoms with van der Waals surface area (Å²) in [5.41, 5.74) is 0. The van der Waals surface area contributed by atoms with Gasteiger partial charge in [-0.1, -0.05) is 19.1 Å². The third-order valence-electron chi connectivity index (χ3n) is 1.55. The second-order valence-corrected chi connectivity index (χ2v) is 5.43. The summed E-state index contributed by atoms with van der Waals surface area (Å²) in [6.07, 6.45) is 0. The predicted octanol–water partition coefficient (Wildman–Crippen LogP) is 2.24. The first-order valence-corrected chi connectivity index (χ1v) is 5.99.